The van der Waals surface area contributed by atoms with Gasteiger partial charge >= 0.3 is 0 Å². The lowest BCUT2D eigenvalue weighted by Gasteiger charge is -2.07. The number of rotatable bonds is 3. The molecular formula is C13H11ClN2O. The van der Waals surface area contributed by atoms with Crippen molar-refractivity contribution >= 4 is 17.7 Å². The second kappa shape index (κ2) is 5.46. The zero-order chi connectivity index (χ0) is 12.1. The van der Waals surface area contributed by atoms with Crippen LogP contribution in [0, 0.1) is 0 Å². The van der Waals surface area contributed by atoms with Gasteiger partial charge in [-0.1, -0.05) is 42.0 Å². The zero-order valence-electron chi connectivity index (χ0n) is 9.30. The summed E-state index contributed by atoms with van der Waals surface area (Å²) in [5.74, 6) is 1.11. The van der Waals surface area contributed by atoms with Crippen molar-refractivity contribution in [3.8, 4) is 11.6 Å². The van der Waals surface area contributed by atoms with Crippen molar-refractivity contribution in [2.24, 2.45) is 0 Å². The molecule has 0 aliphatic heterocycles. The van der Waals surface area contributed by atoms with E-state index in [0.717, 1.165) is 11.3 Å². The topological polar surface area (TPSA) is 35.0 Å². The minimum atomic E-state index is 0.311. The fraction of sp³-hybridized carbons (Fsp3) is 0.0769. The van der Waals surface area contributed by atoms with E-state index in [1.54, 1.807) is 0 Å². The van der Waals surface area contributed by atoms with Gasteiger partial charge in [0.1, 0.15) is 5.75 Å². The maximum Gasteiger partial charge on any atom is 0.239 e. The number of halogens is 1. The third-order valence-corrected chi connectivity index (χ3v) is 2.24. The molecule has 0 fully saturated rings. The molecule has 2 rings (SSSR count). The first-order valence-electron chi connectivity index (χ1n) is 5.16. The number of para-hydroxylation sites is 1. The lowest BCUT2D eigenvalue weighted by atomic mass is 10.2. The maximum atomic E-state index is 5.74. The molecule has 0 spiro atoms. The van der Waals surface area contributed by atoms with Crippen molar-refractivity contribution < 1.29 is 4.74 Å². The van der Waals surface area contributed by atoms with Crippen LogP contribution in [-0.4, -0.2) is 9.97 Å². The number of hydrogen-bond donors (Lipinski definition) is 0. The molecule has 3 nitrogen and oxygen atoms in total. The average Bonchev–Trinajstić information content (AvgIpc) is 2.32. The first-order chi connectivity index (χ1) is 8.29. The van der Waals surface area contributed by atoms with Crippen LogP contribution in [-0.2, 0) is 0 Å². The molecule has 86 valence electrons. The predicted molar refractivity (Wildman–Crippen MR) is 68.3 cm³/mol. The van der Waals surface area contributed by atoms with Gasteiger partial charge in [0.15, 0.2) is 5.15 Å². The molecule has 0 saturated heterocycles. The molecule has 2 aromatic rings. The highest BCUT2D eigenvalue weighted by atomic mass is 35.5. The summed E-state index contributed by atoms with van der Waals surface area (Å²) in [5, 5.41) is 0.311. The molecule has 0 radical (unpaired) electrons. The van der Waals surface area contributed by atoms with Gasteiger partial charge < -0.3 is 4.74 Å². The predicted octanol–water partition coefficient (Wildman–Crippen LogP) is 3.96. The van der Waals surface area contributed by atoms with Gasteiger partial charge in [0.05, 0.1) is 12.4 Å². The van der Waals surface area contributed by atoms with Gasteiger partial charge in [-0.05, 0) is 13.0 Å². The number of hydrogen-bond acceptors (Lipinski definition) is 3. The highest BCUT2D eigenvalue weighted by molar-refractivity contribution is 6.29. The van der Waals surface area contributed by atoms with E-state index in [2.05, 4.69) is 9.97 Å². The Balaban J connectivity index is 2.29. The zero-order valence-corrected chi connectivity index (χ0v) is 10.1. The molecule has 0 N–H and O–H groups in total. The molecule has 1 aromatic heterocycles. The Hall–Kier alpha value is -1.87. The van der Waals surface area contributed by atoms with Crippen LogP contribution in [0.3, 0.4) is 0 Å². The number of benzene rings is 1. The number of ether oxygens (including phenoxy) is 1. The minimum absolute atomic E-state index is 0.311. The van der Waals surface area contributed by atoms with Gasteiger partial charge in [-0.3, -0.25) is 4.98 Å². The summed E-state index contributed by atoms with van der Waals surface area (Å²) in [6.45, 7) is 1.95. The highest BCUT2D eigenvalue weighted by Gasteiger charge is 2.03. The van der Waals surface area contributed by atoms with Crippen molar-refractivity contribution in [1.82, 2.24) is 9.97 Å². The van der Waals surface area contributed by atoms with E-state index in [1.165, 1.54) is 12.4 Å². The van der Waals surface area contributed by atoms with Gasteiger partial charge in [-0.2, -0.15) is 4.98 Å². The smallest absolute Gasteiger partial charge is 0.239 e. The van der Waals surface area contributed by atoms with E-state index in [1.807, 2.05) is 43.3 Å². The van der Waals surface area contributed by atoms with Gasteiger partial charge in [0.25, 0.3) is 0 Å². The van der Waals surface area contributed by atoms with E-state index in [-0.39, 0.29) is 0 Å². The molecule has 4 heteroatoms. The van der Waals surface area contributed by atoms with Gasteiger partial charge in [-0.25, -0.2) is 0 Å². The van der Waals surface area contributed by atoms with Gasteiger partial charge in [0, 0.05) is 5.56 Å². The average molecular weight is 247 g/mol. The molecule has 0 bridgehead atoms. The molecular weight excluding hydrogens is 236 g/mol. The lowest BCUT2D eigenvalue weighted by molar-refractivity contribution is 0.459. The highest BCUT2D eigenvalue weighted by Crippen LogP contribution is 2.25. The van der Waals surface area contributed by atoms with Crippen LogP contribution in [0.1, 0.15) is 12.5 Å². The maximum absolute atomic E-state index is 5.74. The van der Waals surface area contributed by atoms with Crippen molar-refractivity contribution in [2.75, 3.05) is 0 Å². The summed E-state index contributed by atoms with van der Waals surface area (Å²) in [7, 11) is 0. The summed E-state index contributed by atoms with van der Waals surface area (Å²) in [5.41, 5.74) is 0.983. The van der Waals surface area contributed by atoms with Crippen molar-refractivity contribution in [1.29, 1.82) is 0 Å². The molecule has 1 aromatic carbocycles. The van der Waals surface area contributed by atoms with Crippen LogP contribution >= 0.6 is 11.6 Å². The van der Waals surface area contributed by atoms with E-state index < -0.39 is 0 Å². The molecule has 0 aliphatic carbocycles. The quantitative estimate of drug-likeness (QED) is 0.822. The first-order valence-corrected chi connectivity index (χ1v) is 5.54. The Morgan fingerprint density at radius 1 is 1.24 bits per heavy atom. The number of allylic oxidation sites excluding steroid dienone is 1. The number of nitrogens with zero attached hydrogens (tertiary/aromatic N) is 2. The summed E-state index contributed by atoms with van der Waals surface area (Å²) in [4.78, 5) is 7.94. The fourth-order valence-electron chi connectivity index (χ4n) is 1.38. The minimum Gasteiger partial charge on any atom is -0.437 e. The van der Waals surface area contributed by atoms with Crippen molar-refractivity contribution in [3.05, 3.63) is 53.5 Å². The number of aromatic nitrogens is 2. The van der Waals surface area contributed by atoms with Crippen LogP contribution in [0.4, 0.5) is 0 Å². The molecule has 17 heavy (non-hydrogen) atoms. The summed E-state index contributed by atoms with van der Waals surface area (Å²) in [6, 6.07) is 7.69. The van der Waals surface area contributed by atoms with E-state index in [0.29, 0.717) is 11.0 Å². The second-order valence-corrected chi connectivity index (χ2v) is 3.71. The van der Waals surface area contributed by atoms with Gasteiger partial charge in [-0.15, -0.1) is 0 Å². The van der Waals surface area contributed by atoms with Crippen LogP contribution in [0.15, 0.2) is 42.7 Å². The normalized spacial score (nSPS) is 10.7. The molecule has 0 unspecified atom stereocenters. The Bertz CT molecular complexity index is 540. The third-order valence-electron chi connectivity index (χ3n) is 2.06. The molecule has 0 atom stereocenters. The summed E-state index contributed by atoms with van der Waals surface area (Å²) >= 11 is 5.74. The molecule has 0 saturated carbocycles. The fourth-order valence-corrected chi connectivity index (χ4v) is 1.52. The Morgan fingerprint density at radius 2 is 2.06 bits per heavy atom. The third kappa shape index (κ3) is 3.04. The molecule has 1 heterocycles. The largest absolute Gasteiger partial charge is 0.437 e. The van der Waals surface area contributed by atoms with Crippen LogP contribution in [0.25, 0.3) is 6.08 Å². The van der Waals surface area contributed by atoms with Gasteiger partial charge in [0.2, 0.25) is 5.88 Å². The monoisotopic (exact) mass is 246 g/mol. The van der Waals surface area contributed by atoms with Crippen LogP contribution < -0.4 is 4.74 Å². The second-order valence-electron chi connectivity index (χ2n) is 3.32. The standard InChI is InChI=1S/C13H11ClN2O/c1-2-5-10-6-3-4-7-11(10)17-13-9-15-8-12(14)16-13/h2-9H,1H3/b5-2+. The van der Waals surface area contributed by atoms with E-state index in [9.17, 15) is 0 Å². The SMILES string of the molecule is C/C=C/c1ccccc1Oc1cncc(Cl)n1. The van der Waals surface area contributed by atoms with E-state index >= 15 is 0 Å². The lowest BCUT2D eigenvalue weighted by Crippen LogP contribution is -1.91. The van der Waals surface area contributed by atoms with Crippen LogP contribution in [0.2, 0.25) is 5.15 Å². The summed E-state index contributed by atoms with van der Waals surface area (Å²) in [6.07, 6.45) is 6.91. The van der Waals surface area contributed by atoms with E-state index in [4.69, 9.17) is 16.3 Å². The Kier molecular flexibility index (Phi) is 3.73. The van der Waals surface area contributed by atoms with Crippen molar-refractivity contribution in [3.63, 3.8) is 0 Å². The van der Waals surface area contributed by atoms with Crippen LogP contribution in [0.5, 0.6) is 11.6 Å². The van der Waals surface area contributed by atoms with Crippen molar-refractivity contribution in [2.45, 2.75) is 6.92 Å². The molecule has 0 amide bonds. The first kappa shape index (κ1) is 11.6. The summed E-state index contributed by atoms with van der Waals surface area (Å²) < 4.78 is 5.63. The Labute approximate surface area is 105 Å². The molecule has 0 aliphatic rings. The Morgan fingerprint density at radius 3 is 2.82 bits per heavy atom.